The number of hydrogen-bond acceptors (Lipinski definition) is 5. The number of para-hydroxylation sites is 2. The molecule has 2 fully saturated rings. The van der Waals surface area contributed by atoms with E-state index in [4.69, 9.17) is 4.74 Å². The van der Waals surface area contributed by atoms with Crippen LogP contribution in [0.15, 0.2) is 48.5 Å². The van der Waals surface area contributed by atoms with E-state index in [0.717, 1.165) is 49.7 Å². The van der Waals surface area contributed by atoms with Crippen LogP contribution in [-0.2, 0) is 17.8 Å². The lowest BCUT2D eigenvalue weighted by molar-refractivity contribution is -0.120. The van der Waals surface area contributed by atoms with Crippen LogP contribution in [0.4, 0.5) is 10.5 Å². The number of amides is 3. The maximum atomic E-state index is 11.8. The number of carbonyl (C=O) groups excluding carboxylic acids is 2. The maximum absolute atomic E-state index is 11.8. The van der Waals surface area contributed by atoms with E-state index < -0.39 is 12.1 Å². The molecule has 2 aromatic carbocycles. The van der Waals surface area contributed by atoms with Gasteiger partial charge in [-0.1, -0.05) is 36.4 Å². The van der Waals surface area contributed by atoms with Crippen molar-refractivity contribution < 1.29 is 14.3 Å². The van der Waals surface area contributed by atoms with Crippen molar-refractivity contribution >= 4 is 17.6 Å². The molecule has 31 heavy (non-hydrogen) atoms. The number of carbonyl (C=O) groups is 2. The van der Waals surface area contributed by atoms with Gasteiger partial charge in [-0.15, -0.1) is 0 Å². The van der Waals surface area contributed by atoms with Crippen molar-refractivity contribution in [3.63, 3.8) is 0 Å². The topological polar surface area (TPSA) is 73.9 Å². The molecule has 7 nitrogen and oxygen atoms in total. The first kappa shape index (κ1) is 21.2. The highest BCUT2D eigenvalue weighted by atomic mass is 16.5. The van der Waals surface area contributed by atoms with Gasteiger partial charge in [-0.2, -0.15) is 0 Å². The highest BCUT2D eigenvalue weighted by Crippen LogP contribution is 2.29. The summed E-state index contributed by atoms with van der Waals surface area (Å²) in [5.41, 5.74) is 3.44. The molecule has 2 heterocycles. The minimum Gasteiger partial charge on any atom is -0.489 e. The van der Waals surface area contributed by atoms with Gasteiger partial charge < -0.3 is 15.0 Å². The van der Waals surface area contributed by atoms with Gasteiger partial charge in [-0.05, 0) is 37.1 Å². The summed E-state index contributed by atoms with van der Waals surface area (Å²) >= 11 is 0. The molecule has 0 aliphatic carbocycles. The molecule has 0 bridgehead atoms. The number of piperazine rings is 1. The van der Waals surface area contributed by atoms with E-state index in [1.165, 1.54) is 5.56 Å². The van der Waals surface area contributed by atoms with Gasteiger partial charge in [0, 0.05) is 39.1 Å². The zero-order chi connectivity index (χ0) is 21.8. The minimum atomic E-state index is -0.487. The Morgan fingerprint density at radius 2 is 1.74 bits per heavy atom. The van der Waals surface area contributed by atoms with Crippen LogP contribution in [0.25, 0.3) is 0 Å². The van der Waals surface area contributed by atoms with Gasteiger partial charge in [0.15, 0.2) is 0 Å². The third-order valence-electron chi connectivity index (χ3n) is 5.64. The molecule has 0 aromatic heterocycles. The molecule has 0 spiro atoms. The van der Waals surface area contributed by atoms with Gasteiger partial charge >= 0.3 is 6.03 Å². The second-order valence-corrected chi connectivity index (χ2v) is 8.44. The zero-order valence-corrected chi connectivity index (χ0v) is 18.1. The van der Waals surface area contributed by atoms with Crippen LogP contribution in [0, 0.1) is 0 Å². The van der Waals surface area contributed by atoms with Crippen molar-refractivity contribution in [3.8, 4) is 5.75 Å². The second kappa shape index (κ2) is 9.39. The summed E-state index contributed by atoms with van der Waals surface area (Å²) < 4.78 is 5.99. The van der Waals surface area contributed by atoms with Crippen molar-refractivity contribution in [2.75, 3.05) is 31.1 Å². The van der Waals surface area contributed by atoms with Crippen molar-refractivity contribution in [2.24, 2.45) is 0 Å². The average Bonchev–Trinajstić information content (AvgIpc) is 3.05. The number of hydrogen-bond donors (Lipinski definition) is 2. The number of ether oxygens (including phenoxy) is 1. The highest BCUT2D eigenvalue weighted by molar-refractivity contribution is 6.04. The number of anilines is 1. The van der Waals surface area contributed by atoms with E-state index in [-0.39, 0.29) is 12.0 Å². The largest absolute Gasteiger partial charge is 0.489 e. The molecule has 2 aliphatic rings. The monoisotopic (exact) mass is 422 g/mol. The number of nitrogens with one attached hydrogen (secondary N) is 2. The molecule has 1 unspecified atom stereocenters. The summed E-state index contributed by atoms with van der Waals surface area (Å²) in [4.78, 5) is 28.0. The molecule has 4 rings (SSSR count). The Kier molecular flexibility index (Phi) is 6.42. The fourth-order valence-electron chi connectivity index (χ4n) is 4.17. The Balaban J connectivity index is 1.33. The normalized spacial score (nSPS) is 19.5. The Hall–Kier alpha value is -3.06. The van der Waals surface area contributed by atoms with Crippen LogP contribution in [0.2, 0.25) is 0 Å². The average molecular weight is 423 g/mol. The number of rotatable bonds is 7. The third-order valence-corrected chi connectivity index (χ3v) is 5.64. The van der Waals surface area contributed by atoms with Crippen molar-refractivity contribution in [3.05, 3.63) is 59.7 Å². The zero-order valence-electron chi connectivity index (χ0n) is 18.1. The fraction of sp³-hybridized carbons (Fsp3) is 0.417. The standard InChI is InChI=1S/C24H30N4O3/c1-17(2)31-22-9-4-3-8-21(22)28-12-10-27(11-13-28)16-19-7-5-6-18(14-19)15-20-23(29)26-24(30)25-20/h3-9,14,17,20H,10-13,15-16H2,1-2H3,(H2,25,26,29,30). The van der Waals surface area contributed by atoms with Crippen LogP contribution < -0.4 is 20.3 Å². The Bertz CT molecular complexity index is 938. The molecule has 0 saturated carbocycles. The minimum absolute atomic E-state index is 0.151. The lowest BCUT2D eigenvalue weighted by Crippen LogP contribution is -2.46. The van der Waals surface area contributed by atoms with Gasteiger partial charge in [-0.3, -0.25) is 15.0 Å². The molecule has 2 aliphatic heterocycles. The smallest absolute Gasteiger partial charge is 0.322 e. The predicted octanol–water partition coefficient (Wildman–Crippen LogP) is 2.55. The van der Waals surface area contributed by atoms with Crippen molar-refractivity contribution in [1.29, 1.82) is 0 Å². The summed E-state index contributed by atoms with van der Waals surface area (Å²) in [7, 11) is 0. The predicted molar refractivity (Wildman–Crippen MR) is 120 cm³/mol. The lowest BCUT2D eigenvalue weighted by Gasteiger charge is -2.37. The van der Waals surface area contributed by atoms with Crippen LogP contribution in [0.1, 0.15) is 25.0 Å². The van der Waals surface area contributed by atoms with Crippen molar-refractivity contribution in [2.45, 2.75) is 39.0 Å². The fourth-order valence-corrected chi connectivity index (χ4v) is 4.17. The summed E-state index contributed by atoms with van der Waals surface area (Å²) in [5, 5.41) is 4.95. The van der Waals surface area contributed by atoms with E-state index in [1.807, 2.05) is 24.3 Å². The van der Waals surface area contributed by atoms with Gasteiger partial charge in [0.2, 0.25) is 0 Å². The lowest BCUT2D eigenvalue weighted by atomic mass is 10.0. The van der Waals surface area contributed by atoms with Gasteiger partial charge in [0.25, 0.3) is 5.91 Å². The maximum Gasteiger partial charge on any atom is 0.322 e. The van der Waals surface area contributed by atoms with E-state index in [9.17, 15) is 9.59 Å². The molecular formula is C24H30N4O3. The Morgan fingerprint density at radius 3 is 2.45 bits per heavy atom. The first-order valence-corrected chi connectivity index (χ1v) is 10.9. The molecule has 0 radical (unpaired) electrons. The van der Waals surface area contributed by atoms with E-state index in [0.29, 0.717) is 6.42 Å². The van der Waals surface area contributed by atoms with Crippen LogP contribution >= 0.6 is 0 Å². The van der Waals surface area contributed by atoms with Crippen LogP contribution in [-0.4, -0.2) is 55.2 Å². The summed E-state index contributed by atoms with van der Waals surface area (Å²) in [5.74, 6) is 0.690. The second-order valence-electron chi connectivity index (χ2n) is 8.44. The molecule has 2 saturated heterocycles. The highest BCUT2D eigenvalue weighted by Gasteiger charge is 2.29. The summed E-state index contributed by atoms with van der Waals surface area (Å²) in [6, 6.07) is 15.6. The Labute approximate surface area is 183 Å². The van der Waals surface area contributed by atoms with Gasteiger partial charge in [-0.25, -0.2) is 4.79 Å². The number of nitrogens with zero attached hydrogens (tertiary/aromatic N) is 2. The van der Waals surface area contributed by atoms with Gasteiger partial charge in [0.05, 0.1) is 11.8 Å². The van der Waals surface area contributed by atoms with Crippen molar-refractivity contribution in [1.82, 2.24) is 15.5 Å². The first-order valence-electron chi connectivity index (χ1n) is 10.9. The third kappa shape index (κ3) is 5.35. The summed E-state index contributed by atoms with van der Waals surface area (Å²) in [6.07, 6.45) is 0.657. The van der Waals surface area contributed by atoms with E-state index in [1.54, 1.807) is 0 Å². The first-order chi connectivity index (χ1) is 15.0. The molecule has 2 aromatic rings. The number of urea groups is 1. The quantitative estimate of drug-likeness (QED) is 0.671. The van der Waals surface area contributed by atoms with Gasteiger partial charge in [0.1, 0.15) is 11.8 Å². The summed E-state index contributed by atoms with van der Waals surface area (Å²) in [6.45, 7) is 8.82. The van der Waals surface area contributed by atoms with E-state index in [2.05, 4.69) is 58.5 Å². The molecule has 2 N–H and O–H groups in total. The Morgan fingerprint density at radius 1 is 1.00 bits per heavy atom. The number of benzene rings is 2. The molecule has 164 valence electrons. The number of imide groups is 1. The van der Waals surface area contributed by atoms with Crippen LogP contribution in [0.5, 0.6) is 5.75 Å². The van der Waals surface area contributed by atoms with E-state index >= 15 is 0 Å². The van der Waals surface area contributed by atoms with Crippen LogP contribution in [0.3, 0.4) is 0 Å². The molecule has 7 heteroatoms. The molecular weight excluding hydrogens is 392 g/mol. The SMILES string of the molecule is CC(C)Oc1ccccc1N1CCN(Cc2cccc(CC3NC(=O)NC3=O)c2)CC1. The molecule has 3 amide bonds. The molecule has 1 atom stereocenters.